The molecule has 0 unspecified atom stereocenters. The van der Waals surface area contributed by atoms with Crippen molar-refractivity contribution in [2.24, 2.45) is 10.2 Å². The fraction of sp³-hybridized carbons (Fsp3) is 0.143. The highest BCUT2D eigenvalue weighted by atomic mass is 35.5. The molecule has 0 aromatic heterocycles. The SMILES string of the molecule is Clc1ccc(C/N=N/Cc2ccc(Cl)cc2)cc1. The van der Waals surface area contributed by atoms with Crippen molar-refractivity contribution in [3.05, 3.63) is 69.7 Å². The molecule has 2 nitrogen and oxygen atoms in total. The minimum atomic E-state index is 0.574. The van der Waals surface area contributed by atoms with Crippen molar-refractivity contribution in [3.8, 4) is 0 Å². The summed E-state index contributed by atoms with van der Waals surface area (Å²) in [5, 5.41) is 9.74. The van der Waals surface area contributed by atoms with E-state index in [-0.39, 0.29) is 0 Å². The Morgan fingerprint density at radius 2 is 0.944 bits per heavy atom. The number of rotatable bonds is 4. The second-order valence-corrected chi connectivity index (χ2v) is 4.72. The van der Waals surface area contributed by atoms with E-state index < -0.39 is 0 Å². The molecule has 0 aliphatic heterocycles. The topological polar surface area (TPSA) is 24.7 Å². The summed E-state index contributed by atoms with van der Waals surface area (Å²) in [5.74, 6) is 0. The number of azo groups is 1. The quantitative estimate of drug-likeness (QED) is 0.692. The minimum absolute atomic E-state index is 0.574. The molecule has 0 heterocycles. The molecule has 0 atom stereocenters. The first-order valence-electron chi connectivity index (χ1n) is 5.56. The van der Waals surface area contributed by atoms with Gasteiger partial charge in [-0.3, -0.25) is 0 Å². The van der Waals surface area contributed by atoms with E-state index in [4.69, 9.17) is 23.2 Å². The van der Waals surface area contributed by atoms with E-state index in [1.165, 1.54) is 0 Å². The number of hydrogen-bond acceptors (Lipinski definition) is 2. The van der Waals surface area contributed by atoms with Gasteiger partial charge in [0.05, 0.1) is 13.1 Å². The maximum atomic E-state index is 5.80. The average molecular weight is 279 g/mol. The molecule has 4 heteroatoms. The summed E-state index contributed by atoms with van der Waals surface area (Å²) in [6, 6.07) is 15.2. The molecule has 0 radical (unpaired) electrons. The smallest absolute Gasteiger partial charge is 0.0849 e. The zero-order chi connectivity index (χ0) is 12.8. The van der Waals surface area contributed by atoms with Crippen LogP contribution in [0.4, 0.5) is 0 Å². The van der Waals surface area contributed by atoms with E-state index in [2.05, 4.69) is 10.2 Å². The van der Waals surface area contributed by atoms with Crippen LogP contribution in [0, 0.1) is 0 Å². The van der Waals surface area contributed by atoms with Gasteiger partial charge in [0.15, 0.2) is 0 Å². The molecular formula is C14H12Cl2N2. The Hall–Kier alpha value is -1.38. The Balaban J connectivity index is 1.85. The fourth-order valence-electron chi connectivity index (χ4n) is 1.44. The molecule has 0 aliphatic carbocycles. The fourth-order valence-corrected chi connectivity index (χ4v) is 1.69. The van der Waals surface area contributed by atoms with Crippen molar-refractivity contribution in [3.63, 3.8) is 0 Å². The normalized spacial score (nSPS) is 11.0. The van der Waals surface area contributed by atoms with E-state index in [1.807, 2.05) is 48.5 Å². The Bertz CT molecular complexity index is 469. The molecule has 2 aromatic carbocycles. The first kappa shape index (κ1) is 13.1. The first-order chi connectivity index (χ1) is 8.74. The van der Waals surface area contributed by atoms with Gasteiger partial charge in [-0.15, -0.1) is 0 Å². The van der Waals surface area contributed by atoms with Crippen molar-refractivity contribution >= 4 is 23.2 Å². The lowest BCUT2D eigenvalue weighted by molar-refractivity contribution is 0.851. The maximum Gasteiger partial charge on any atom is 0.0849 e. The van der Waals surface area contributed by atoms with Gasteiger partial charge in [-0.2, -0.15) is 10.2 Å². The lowest BCUT2D eigenvalue weighted by Crippen LogP contribution is -1.82. The molecule has 0 saturated carbocycles. The van der Waals surface area contributed by atoms with E-state index in [9.17, 15) is 0 Å². The lowest BCUT2D eigenvalue weighted by atomic mass is 10.2. The Kier molecular flexibility index (Phi) is 4.73. The van der Waals surface area contributed by atoms with Crippen LogP contribution in [0.5, 0.6) is 0 Å². The third kappa shape index (κ3) is 4.13. The Labute approximate surface area is 116 Å². The van der Waals surface area contributed by atoms with Crippen molar-refractivity contribution in [1.29, 1.82) is 0 Å². The molecule has 18 heavy (non-hydrogen) atoms. The third-order valence-corrected chi connectivity index (χ3v) is 2.94. The molecule has 0 saturated heterocycles. The summed E-state index contributed by atoms with van der Waals surface area (Å²) in [5.41, 5.74) is 2.19. The van der Waals surface area contributed by atoms with Crippen LogP contribution in [0.1, 0.15) is 11.1 Å². The van der Waals surface area contributed by atoms with Crippen LogP contribution < -0.4 is 0 Å². The summed E-state index contributed by atoms with van der Waals surface area (Å²) < 4.78 is 0. The van der Waals surface area contributed by atoms with Crippen LogP contribution in [0.3, 0.4) is 0 Å². The highest BCUT2D eigenvalue weighted by Gasteiger charge is 1.93. The standard InChI is InChI=1S/C14H12Cl2N2/c15-13-5-1-11(2-6-13)9-17-18-10-12-3-7-14(16)8-4-12/h1-8H,9-10H2/b18-17+. The van der Waals surface area contributed by atoms with Crippen LogP contribution in [0.15, 0.2) is 58.8 Å². The minimum Gasteiger partial charge on any atom is -0.189 e. The van der Waals surface area contributed by atoms with Gasteiger partial charge in [0.25, 0.3) is 0 Å². The zero-order valence-corrected chi connectivity index (χ0v) is 11.2. The van der Waals surface area contributed by atoms with E-state index >= 15 is 0 Å². The third-order valence-electron chi connectivity index (χ3n) is 2.43. The highest BCUT2D eigenvalue weighted by molar-refractivity contribution is 6.30. The Morgan fingerprint density at radius 3 is 1.28 bits per heavy atom. The highest BCUT2D eigenvalue weighted by Crippen LogP contribution is 2.12. The van der Waals surface area contributed by atoms with Crippen molar-refractivity contribution < 1.29 is 0 Å². The number of halogens is 2. The van der Waals surface area contributed by atoms with Crippen molar-refractivity contribution in [1.82, 2.24) is 0 Å². The molecule has 0 aliphatic rings. The Morgan fingerprint density at radius 1 is 0.611 bits per heavy atom. The summed E-state index contributed by atoms with van der Waals surface area (Å²) in [4.78, 5) is 0. The van der Waals surface area contributed by atoms with E-state index in [1.54, 1.807) is 0 Å². The molecule has 2 rings (SSSR count). The van der Waals surface area contributed by atoms with Gasteiger partial charge >= 0.3 is 0 Å². The van der Waals surface area contributed by atoms with Crippen LogP contribution in [-0.2, 0) is 13.1 Å². The predicted molar refractivity (Wildman–Crippen MR) is 75.2 cm³/mol. The van der Waals surface area contributed by atoms with Gasteiger partial charge in [0.1, 0.15) is 0 Å². The number of benzene rings is 2. The lowest BCUT2D eigenvalue weighted by Gasteiger charge is -1.97. The summed E-state index contributed by atoms with van der Waals surface area (Å²) in [6.07, 6.45) is 0. The molecule has 92 valence electrons. The second kappa shape index (κ2) is 6.53. The van der Waals surface area contributed by atoms with Crippen LogP contribution in [-0.4, -0.2) is 0 Å². The van der Waals surface area contributed by atoms with Gasteiger partial charge in [0.2, 0.25) is 0 Å². The van der Waals surface area contributed by atoms with Crippen LogP contribution in [0.2, 0.25) is 10.0 Å². The average Bonchev–Trinajstić information content (AvgIpc) is 2.39. The largest absolute Gasteiger partial charge is 0.189 e. The van der Waals surface area contributed by atoms with Crippen molar-refractivity contribution in [2.75, 3.05) is 0 Å². The zero-order valence-electron chi connectivity index (χ0n) is 9.68. The molecule has 0 spiro atoms. The maximum absolute atomic E-state index is 5.80. The number of nitrogens with zero attached hydrogens (tertiary/aromatic N) is 2. The predicted octanol–water partition coefficient (Wildman–Crippen LogP) is 5.15. The monoisotopic (exact) mass is 278 g/mol. The van der Waals surface area contributed by atoms with Gasteiger partial charge in [-0.25, -0.2) is 0 Å². The summed E-state index contributed by atoms with van der Waals surface area (Å²) >= 11 is 11.6. The molecule has 2 aromatic rings. The van der Waals surface area contributed by atoms with Crippen LogP contribution >= 0.6 is 23.2 Å². The first-order valence-corrected chi connectivity index (χ1v) is 6.32. The molecule has 0 N–H and O–H groups in total. The van der Waals surface area contributed by atoms with E-state index in [0.29, 0.717) is 13.1 Å². The number of hydrogen-bond donors (Lipinski definition) is 0. The molecule has 0 bridgehead atoms. The molecule has 0 fully saturated rings. The van der Waals surface area contributed by atoms with Gasteiger partial charge in [0, 0.05) is 10.0 Å². The van der Waals surface area contributed by atoms with Crippen LogP contribution in [0.25, 0.3) is 0 Å². The van der Waals surface area contributed by atoms with Gasteiger partial charge in [-0.1, -0.05) is 47.5 Å². The second-order valence-electron chi connectivity index (χ2n) is 3.85. The van der Waals surface area contributed by atoms with Crippen molar-refractivity contribution in [2.45, 2.75) is 13.1 Å². The summed E-state index contributed by atoms with van der Waals surface area (Å²) in [6.45, 7) is 1.15. The van der Waals surface area contributed by atoms with Gasteiger partial charge in [-0.05, 0) is 35.4 Å². The molecular weight excluding hydrogens is 267 g/mol. The van der Waals surface area contributed by atoms with E-state index in [0.717, 1.165) is 21.2 Å². The molecule has 0 amide bonds. The summed E-state index contributed by atoms with van der Waals surface area (Å²) in [7, 11) is 0. The van der Waals surface area contributed by atoms with Gasteiger partial charge < -0.3 is 0 Å².